The summed E-state index contributed by atoms with van der Waals surface area (Å²) in [5.41, 5.74) is 1.05. The summed E-state index contributed by atoms with van der Waals surface area (Å²) in [4.78, 5) is 6.28. The number of thiazole rings is 1. The molecule has 1 aromatic rings. The van der Waals surface area contributed by atoms with Crippen LogP contribution in [0.1, 0.15) is 30.5 Å². The third kappa shape index (κ3) is 3.06. The van der Waals surface area contributed by atoms with Crippen molar-refractivity contribution in [2.45, 2.75) is 26.3 Å². The summed E-state index contributed by atoms with van der Waals surface area (Å²) in [6.45, 7) is 5.07. The average Bonchev–Trinajstić information content (AvgIpc) is 2.52. The molecule has 0 saturated heterocycles. The van der Waals surface area contributed by atoms with E-state index in [-0.39, 0.29) is 6.73 Å². The summed E-state index contributed by atoms with van der Waals surface area (Å²) in [5.74, 6) is 0.498. The van der Waals surface area contributed by atoms with Gasteiger partial charge in [-0.3, -0.25) is 4.90 Å². The number of nitrogens with zero attached hydrogens (tertiary/aromatic N) is 2. The second kappa shape index (κ2) is 4.69. The standard InChI is InChI=1S/C9H16N2OS/c1-7(2)9-10-8(5-13-9)4-11(3)6-12/h5,7,12H,4,6H2,1-3H3. The van der Waals surface area contributed by atoms with E-state index in [2.05, 4.69) is 24.2 Å². The second-order valence-corrected chi connectivity index (χ2v) is 4.38. The highest BCUT2D eigenvalue weighted by molar-refractivity contribution is 7.09. The van der Waals surface area contributed by atoms with E-state index in [0.29, 0.717) is 5.92 Å². The quantitative estimate of drug-likeness (QED) is 0.751. The Hall–Kier alpha value is -0.450. The van der Waals surface area contributed by atoms with Gasteiger partial charge in [-0.15, -0.1) is 11.3 Å². The van der Waals surface area contributed by atoms with Gasteiger partial charge < -0.3 is 5.11 Å². The van der Waals surface area contributed by atoms with Crippen molar-refractivity contribution in [1.29, 1.82) is 0 Å². The maximum absolute atomic E-state index is 8.81. The second-order valence-electron chi connectivity index (χ2n) is 3.49. The molecule has 0 aromatic carbocycles. The minimum atomic E-state index is 0.0779. The molecule has 0 spiro atoms. The molecule has 0 aliphatic heterocycles. The Bertz CT molecular complexity index is 260. The van der Waals surface area contributed by atoms with E-state index in [4.69, 9.17) is 5.11 Å². The molecule has 0 aliphatic rings. The number of aliphatic hydroxyl groups is 1. The predicted molar refractivity (Wildman–Crippen MR) is 54.8 cm³/mol. The minimum absolute atomic E-state index is 0.0779. The van der Waals surface area contributed by atoms with Gasteiger partial charge in [0.1, 0.15) is 0 Å². The van der Waals surface area contributed by atoms with Gasteiger partial charge in [0.2, 0.25) is 0 Å². The highest BCUT2D eigenvalue weighted by Gasteiger charge is 2.06. The van der Waals surface area contributed by atoms with Crippen LogP contribution in [0.3, 0.4) is 0 Å². The van der Waals surface area contributed by atoms with Gasteiger partial charge in [-0.25, -0.2) is 4.98 Å². The Kier molecular flexibility index (Phi) is 3.84. The van der Waals surface area contributed by atoms with Crippen LogP contribution < -0.4 is 0 Å². The zero-order valence-corrected chi connectivity index (χ0v) is 9.14. The maximum Gasteiger partial charge on any atom is 0.0957 e. The topological polar surface area (TPSA) is 36.4 Å². The number of hydrogen-bond acceptors (Lipinski definition) is 4. The zero-order valence-electron chi connectivity index (χ0n) is 8.32. The lowest BCUT2D eigenvalue weighted by Crippen LogP contribution is -2.18. The van der Waals surface area contributed by atoms with Crippen LogP contribution in [0.15, 0.2) is 5.38 Å². The molecule has 13 heavy (non-hydrogen) atoms. The molecule has 74 valence electrons. The average molecular weight is 200 g/mol. The lowest BCUT2D eigenvalue weighted by atomic mass is 10.2. The van der Waals surface area contributed by atoms with E-state index >= 15 is 0 Å². The van der Waals surface area contributed by atoms with Crippen LogP contribution in [-0.4, -0.2) is 28.8 Å². The van der Waals surface area contributed by atoms with E-state index in [0.717, 1.165) is 12.2 Å². The number of aromatic nitrogens is 1. The summed E-state index contributed by atoms with van der Waals surface area (Å²) in [6.07, 6.45) is 0. The molecule has 1 rings (SSSR count). The molecular formula is C9H16N2OS. The van der Waals surface area contributed by atoms with Crippen molar-refractivity contribution in [2.75, 3.05) is 13.8 Å². The fourth-order valence-electron chi connectivity index (χ4n) is 0.987. The van der Waals surface area contributed by atoms with Crippen LogP contribution in [0.2, 0.25) is 0 Å². The molecule has 3 nitrogen and oxygen atoms in total. The normalized spacial score (nSPS) is 11.5. The molecule has 0 amide bonds. The van der Waals surface area contributed by atoms with Crippen molar-refractivity contribution in [3.8, 4) is 0 Å². The molecule has 0 atom stereocenters. The maximum atomic E-state index is 8.81. The third-order valence-corrected chi connectivity index (χ3v) is 2.93. The van der Waals surface area contributed by atoms with E-state index in [1.165, 1.54) is 5.01 Å². The van der Waals surface area contributed by atoms with E-state index in [1.807, 2.05) is 11.9 Å². The Morgan fingerprint density at radius 3 is 2.77 bits per heavy atom. The zero-order chi connectivity index (χ0) is 9.84. The molecule has 0 radical (unpaired) electrons. The van der Waals surface area contributed by atoms with Crippen LogP contribution in [0.25, 0.3) is 0 Å². The summed E-state index contributed by atoms with van der Waals surface area (Å²) in [7, 11) is 1.87. The molecule has 1 heterocycles. The number of hydrogen-bond donors (Lipinski definition) is 1. The van der Waals surface area contributed by atoms with Gasteiger partial charge in [0.25, 0.3) is 0 Å². The lowest BCUT2D eigenvalue weighted by molar-refractivity contribution is 0.126. The van der Waals surface area contributed by atoms with Gasteiger partial charge in [0, 0.05) is 17.8 Å². The molecule has 4 heteroatoms. The minimum Gasteiger partial charge on any atom is -0.381 e. The Balaban J connectivity index is 2.58. The van der Waals surface area contributed by atoms with Crippen LogP contribution >= 0.6 is 11.3 Å². The van der Waals surface area contributed by atoms with Crippen molar-refractivity contribution in [3.63, 3.8) is 0 Å². The van der Waals surface area contributed by atoms with Crippen LogP contribution in [0.5, 0.6) is 0 Å². The molecular weight excluding hydrogens is 184 g/mol. The van der Waals surface area contributed by atoms with Crippen molar-refractivity contribution in [1.82, 2.24) is 9.88 Å². The summed E-state index contributed by atoms with van der Waals surface area (Å²) >= 11 is 1.69. The molecule has 1 aromatic heterocycles. The smallest absolute Gasteiger partial charge is 0.0957 e. The fourth-order valence-corrected chi connectivity index (χ4v) is 1.81. The summed E-state index contributed by atoms with van der Waals surface area (Å²) in [5, 5.41) is 12.0. The van der Waals surface area contributed by atoms with Gasteiger partial charge >= 0.3 is 0 Å². The van der Waals surface area contributed by atoms with Gasteiger partial charge in [-0.1, -0.05) is 13.8 Å². The highest BCUT2D eigenvalue weighted by Crippen LogP contribution is 2.19. The van der Waals surface area contributed by atoms with Crippen molar-refractivity contribution >= 4 is 11.3 Å². The first-order valence-corrected chi connectivity index (χ1v) is 5.25. The largest absolute Gasteiger partial charge is 0.381 e. The Morgan fingerprint density at radius 1 is 1.62 bits per heavy atom. The predicted octanol–water partition coefficient (Wildman–Crippen LogP) is 1.65. The Morgan fingerprint density at radius 2 is 2.31 bits per heavy atom. The first kappa shape index (κ1) is 10.6. The number of aliphatic hydroxyl groups excluding tert-OH is 1. The third-order valence-electron chi connectivity index (χ3n) is 1.74. The lowest BCUT2D eigenvalue weighted by Gasteiger charge is -2.09. The van der Waals surface area contributed by atoms with Gasteiger partial charge in [0.05, 0.1) is 17.4 Å². The van der Waals surface area contributed by atoms with Crippen LogP contribution in [0.4, 0.5) is 0 Å². The first-order valence-electron chi connectivity index (χ1n) is 4.37. The monoisotopic (exact) mass is 200 g/mol. The first-order chi connectivity index (χ1) is 6.13. The highest BCUT2D eigenvalue weighted by atomic mass is 32.1. The van der Waals surface area contributed by atoms with E-state index in [1.54, 1.807) is 11.3 Å². The van der Waals surface area contributed by atoms with Gasteiger partial charge in [0.15, 0.2) is 0 Å². The van der Waals surface area contributed by atoms with E-state index < -0.39 is 0 Å². The summed E-state index contributed by atoms with van der Waals surface area (Å²) < 4.78 is 0. The van der Waals surface area contributed by atoms with Crippen LogP contribution in [0, 0.1) is 0 Å². The van der Waals surface area contributed by atoms with Crippen molar-refractivity contribution in [2.24, 2.45) is 0 Å². The fraction of sp³-hybridized carbons (Fsp3) is 0.667. The van der Waals surface area contributed by atoms with E-state index in [9.17, 15) is 0 Å². The summed E-state index contributed by atoms with van der Waals surface area (Å²) in [6, 6.07) is 0. The Labute approximate surface area is 83.0 Å². The molecule has 0 unspecified atom stereocenters. The molecule has 0 bridgehead atoms. The molecule has 0 saturated carbocycles. The number of rotatable bonds is 4. The SMILES string of the molecule is CC(C)c1nc(CN(C)CO)cs1. The molecule has 0 aliphatic carbocycles. The molecule has 0 fully saturated rings. The van der Waals surface area contributed by atoms with Crippen molar-refractivity contribution in [3.05, 3.63) is 16.1 Å². The van der Waals surface area contributed by atoms with Crippen molar-refractivity contribution < 1.29 is 5.11 Å². The van der Waals surface area contributed by atoms with Gasteiger partial charge in [-0.2, -0.15) is 0 Å². The van der Waals surface area contributed by atoms with Gasteiger partial charge in [-0.05, 0) is 7.05 Å². The van der Waals surface area contributed by atoms with Crippen LogP contribution in [-0.2, 0) is 6.54 Å². The molecule has 1 N–H and O–H groups in total.